The van der Waals surface area contributed by atoms with E-state index in [0.717, 1.165) is 17.9 Å². The van der Waals surface area contributed by atoms with Crippen LogP contribution >= 0.6 is 11.8 Å². The summed E-state index contributed by atoms with van der Waals surface area (Å²) in [6.07, 6.45) is 1.15. The number of rotatable bonds is 3. The first-order valence-electron chi connectivity index (χ1n) is 5.28. The lowest BCUT2D eigenvalue weighted by molar-refractivity contribution is -0.384. The zero-order valence-corrected chi connectivity index (χ0v) is 9.87. The van der Waals surface area contributed by atoms with Gasteiger partial charge in [-0.3, -0.25) is 10.1 Å². The summed E-state index contributed by atoms with van der Waals surface area (Å²) in [5.41, 5.74) is 1.10. The Morgan fingerprint density at radius 1 is 1.44 bits per heavy atom. The molecule has 1 aliphatic heterocycles. The Balaban J connectivity index is 1.97. The average molecular weight is 238 g/mol. The van der Waals surface area contributed by atoms with E-state index in [1.165, 1.54) is 12.1 Å². The second kappa shape index (κ2) is 4.74. The predicted molar refractivity (Wildman–Crippen MR) is 67.0 cm³/mol. The van der Waals surface area contributed by atoms with Crippen molar-refractivity contribution in [3.05, 3.63) is 34.4 Å². The molecule has 1 aromatic carbocycles. The van der Waals surface area contributed by atoms with Gasteiger partial charge in [-0.05, 0) is 18.6 Å². The van der Waals surface area contributed by atoms with Gasteiger partial charge in [0.05, 0.1) is 4.92 Å². The molecule has 1 aromatic rings. The van der Waals surface area contributed by atoms with Gasteiger partial charge in [0.1, 0.15) is 0 Å². The van der Waals surface area contributed by atoms with Crippen molar-refractivity contribution in [1.29, 1.82) is 0 Å². The van der Waals surface area contributed by atoms with Crippen LogP contribution in [0.2, 0.25) is 0 Å². The molecule has 0 spiro atoms. The lowest BCUT2D eigenvalue weighted by atomic mass is 10.2. The van der Waals surface area contributed by atoms with E-state index in [1.54, 1.807) is 12.1 Å². The summed E-state index contributed by atoms with van der Waals surface area (Å²) in [5.74, 6) is 1.11. The van der Waals surface area contributed by atoms with Gasteiger partial charge in [0.15, 0.2) is 0 Å². The van der Waals surface area contributed by atoms with E-state index < -0.39 is 0 Å². The van der Waals surface area contributed by atoms with E-state index >= 15 is 0 Å². The van der Waals surface area contributed by atoms with Crippen molar-refractivity contribution in [3.8, 4) is 0 Å². The topological polar surface area (TPSA) is 55.2 Å². The number of nitro benzene ring substituents is 1. The van der Waals surface area contributed by atoms with Crippen LogP contribution in [0.25, 0.3) is 0 Å². The molecule has 2 unspecified atom stereocenters. The van der Waals surface area contributed by atoms with Crippen LogP contribution in [0.15, 0.2) is 24.3 Å². The summed E-state index contributed by atoms with van der Waals surface area (Å²) in [6, 6.07) is 7.10. The summed E-state index contributed by atoms with van der Waals surface area (Å²) >= 11 is 1.96. The number of anilines is 1. The molecule has 5 heteroatoms. The summed E-state index contributed by atoms with van der Waals surface area (Å²) in [5, 5.41) is 14.6. The van der Waals surface area contributed by atoms with E-state index in [1.807, 2.05) is 11.8 Å². The molecule has 16 heavy (non-hydrogen) atoms. The van der Waals surface area contributed by atoms with E-state index in [-0.39, 0.29) is 10.6 Å². The minimum atomic E-state index is -0.378. The molecule has 0 aliphatic carbocycles. The molecular formula is C11H14N2O2S. The van der Waals surface area contributed by atoms with Gasteiger partial charge in [-0.2, -0.15) is 11.8 Å². The monoisotopic (exact) mass is 238 g/mol. The lowest BCUT2D eigenvalue weighted by Gasteiger charge is -2.12. The molecule has 1 N–H and O–H groups in total. The van der Waals surface area contributed by atoms with Gasteiger partial charge in [0.25, 0.3) is 5.69 Å². The van der Waals surface area contributed by atoms with Crippen LogP contribution < -0.4 is 5.32 Å². The highest BCUT2D eigenvalue weighted by molar-refractivity contribution is 8.00. The SMILES string of the molecule is CC1CC(Nc2ccc([N+](=O)[O-])cc2)CS1. The summed E-state index contributed by atoms with van der Waals surface area (Å²) in [7, 11) is 0. The number of hydrogen-bond acceptors (Lipinski definition) is 4. The first-order valence-corrected chi connectivity index (χ1v) is 6.32. The quantitative estimate of drug-likeness (QED) is 0.650. The first-order chi connectivity index (χ1) is 7.65. The fourth-order valence-electron chi connectivity index (χ4n) is 1.83. The lowest BCUT2D eigenvalue weighted by Crippen LogP contribution is -2.18. The molecule has 1 fully saturated rings. The Bertz CT molecular complexity index is 380. The molecule has 1 aliphatic rings. The van der Waals surface area contributed by atoms with Crippen molar-refractivity contribution < 1.29 is 4.92 Å². The maximum absolute atomic E-state index is 10.5. The maximum Gasteiger partial charge on any atom is 0.269 e. The Morgan fingerprint density at radius 3 is 2.62 bits per heavy atom. The van der Waals surface area contributed by atoms with E-state index in [0.29, 0.717) is 11.3 Å². The Labute approximate surface area is 98.6 Å². The highest BCUT2D eigenvalue weighted by Crippen LogP contribution is 2.28. The Kier molecular flexibility index (Phi) is 3.33. The third kappa shape index (κ3) is 2.66. The van der Waals surface area contributed by atoms with Gasteiger partial charge in [0, 0.05) is 34.9 Å². The van der Waals surface area contributed by atoms with Gasteiger partial charge in [-0.25, -0.2) is 0 Å². The first kappa shape index (κ1) is 11.3. The average Bonchev–Trinajstić information content (AvgIpc) is 2.65. The van der Waals surface area contributed by atoms with Crippen molar-refractivity contribution >= 4 is 23.1 Å². The minimum Gasteiger partial charge on any atom is -0.381 e. The highest BCUT2D eigenvalue weighted by atomic mass is 32.2. The second-order valence-electron chi connectivity index (χ2n) is 4.02. The van der Waals surface area contributed by atoms with E-state index in [4.69, 9.17) is 0 Å². The van der Waals surface area contributed by atoms with Crippen molar-refractivity contribution in [3.63, 3.8) is 0 Å². The van der Waals surface area contributed by atoms with Crippen LogP contribution in [0.1, 0.15) is 13.3 Å². The van der Waals surface area contributed by atoms with Crippen molar-refractivity contribution in [2.45, 2.75) is 24.6 Å². The zero-order valence-electron chi connectivity index (χ0n) is 9.05. The molecule has 2 atom stereocenters. The number of thioether (sulfide) groups is 1. The minimum absolute atomic E-state index is 0.139. The molecular weight excluding hydrogens is 224 g/mol. The second-order valence-corrected chi connectivity index (χ2v) is 5.50. The maximum atomic E-state index is 10.5. The molecule has 1 saturated heterocycles. The van der Waals surface area contributed by atoms with E-state index in [2.05, 4.69) is 12.2 Å². The standard InChI is InChI=1S/C11H14N2O2S/c1-8-6-10(7-16-8)12-9-2-4-11(5-3-9)13(14)15/h2-5,8,10,12H,6-7H2,1H3. The third-order valence-corrected chi connectivity index (χ3v) is 4.00. The van der Waals surface area contributed by atoms with Crippen LogP contribution in [0.5, 0.6) is 0 Å². The fraction of sp³-hybridized carbons (Fsp3) is 0.455. The molecule has 0 amide bonds. The third-order valence-electron chi connectivity index (χ3n) is 2.65. The molecule has 0 aromatic heterocycles. The number of nitro groups is 1. The summed E-state index contributed by atoms with van der Waals surface area (Å²) < 4.78 is 0. The predicted octanol–water partition coefficient (Wildman–Crippen LogP) is 2.90. The van der Waals surface area contributed by atoms with Gasteiger partial charge < -0.3 is 5.32 Å². The van der Waals surface area contributed by atoms with Crippen LogP contribution in [-0.2, 0) is 0 Å². The Morgan fingerprint density at radius 2 is 2.12 bits per heavy atom. The van der Waals surface area contributed by atoms with Crippen LogP contribution in [0.4, 0.5) is 11.4 Å². The van der Waals surface area contributed by atoms with E-state index in [9.17, 15) is 10.1 Å². The van der Waals surface area contributed by atoms with Gasteiger partial charge in [0.2, 0.25) is 0 Å². The molecule has 2 rings (SSSR count). The summed E-state index contributed by atoms with van der Waals surface area (Å²) in [4.78, 5) is 10.1. The van der Waals surface area contributed by atoms with Crippen molar-refractivity contribution in [1.82, 2.24) is 0 Å². The molecule has 86 valence electrons. The number of nitrogens with one attached hydrogen (secondary N) is 1. The number of nitrogens with zero attached hydrogens (tertiary/aromatic N) is 1. The van der Waals surface area contributed by atoms with Gasteiger partial charge in [-0.15, -0.1) is 0 Å². The fourth-order valence-corrected chi connectivity index (χ4v) is 2.98. The largest absolute Gasteiger partial charge is 0.381 e. The van der Waals surface area contributed by atoms with Crippen molar-refractivity contribution in [2.75, 3.05) is 11.1 Å². The zero-order chi connectivity index (χ0) is 11.5. The highest BCUT2D eigenvalue weighted by Gasteiger charge is 2.21. The molecule has 4 nitrogen and oxygen atoms in total. The molecule has 1 heterocycles. The van der Waals surface area contributed by atoms with Crippen LogP contribution in [-0.4, -0.2) is 22.0 Å². The Hall–Kier alpha value is -1.23. The number of non-ortho nitro benzene ring substituents is 1. The van der Waals surface area contributed by atoms with Gasteiger partial charge in [-0.1, -0.05) is 6.92 Å². The normalized spacial score (nSPS) is 24.3. The van der Waals surface area contributed by atoms with Gasteiger partial charge >= 0.3 is 0 Å². The molecule has 0 saturated carbocycles. The number of benzene rings is 1. The van der Waals surface area contributed by atoms with Crippen molar-refractivity contribution in [2.24, 2.45) is 0 Å². The summed E-state index contributed by atoms with van der Waals surface area (Å²) in [6.45, 7) is 2.22. The molecule has 0 radical (unpaired) electrons. The smallest absolute Gasteiger partial charge is 0.269 e. The number of hydrogen-bond donors (Lipinski definition) is 1. The molecule has 0 bridgehead atoms. The van der Waals surface area contributed by atoms with Crippen LogP contribution in [0.3, 0.4) is 0 Å². The van der Waals surface area contributed by atoms with Crippen LogP contribution in [0, 0.1) is 10.1 Å².